The number of rotatable bonds is 3. The molecule has 1 saturated carbocycles. The molecule has 1 aliphatic rings. The van der Waals surface area contributed by atoms with E-state index in [0.717, 1.165) is 6.42 Å². The molecule has 0 aromatic heterocycles. The molecule has 1 aromatic carbocycles. The minimum Gasteiger partial charge on any atom is -0.366 e. The summed E-state index contributed by atoms with van der Waals surface area (Å²) >= 11 is 0. The van der Waals surface area contributed by atoms with Crippen LogP contribution in [0.25, 0.3) is 0 Å². The summed E-state index contributed by atoms with van der Waals surface area (Å²) in [6, 6.07) is 6.51. The van der Waals surface area contributed by atoms with Crippen molar-refractivity contribution >= 4 is 17.5 Å². The van der Waals surface area contributed by atoms with Gasteiger partial charge in [-0.05, 0) is 37.5 Å². The van der Waals surface area contributed by atoms with Crippen molar-refractivity contribution in [3.63, 3.8) is 0 Å². The number of amides is 2. The smallest absolute Gasteiger partial charge is 0.248 e. The molecular weight excluding hydrogens is 218 g/mol. The molecule has 5 nitrogen and oxygen atoms in total. The van der Waals surface area contributed by atoms with Crippen LogP contribution in [0.4, 0.5) is 5.69 Å². The topological polar surface area (TPSA) is 98.2 Å². The SMILES string of the molecule is NC(=O)c1cccc(NC(=O)C2(N)CCC2)c1. The highest BCUT2D eigenvalue weighted by molar-refractivity contribution is 6.00. The molecule has 0 saturated heterocycles. The molecule has 0 radical (unpaired) electrons. The van der Waals surface area contributed by atoms with Crippen LogP contribution < -0.4 is 16.8 Å². The van der Waals surface area contributed by atoms with Gasteiger partial charge in [-0.25, -0.2) is 0 Å². The fraction of sp³-hybridized carbons (Fsp3) is 0.333. The van der Waals surface area contributed by atoms with Crippen LogP contribution in [-0.4, -0.2) is 17.4 Å². The van der Waals surface area contributed by atoms with Crippen LogP contribution in [0.15, 0.2) is 24.3 Å². The quantitative estimate of drug-likeness (QED) is 0.713. The molecule has 2 rings (SSSR count). The number of benzene rings is 1. The second-order valence-electron chi connectivity index (χ2n) is 4.41. The Hall–Kier alpha value is -1.88. The Morgan fingerprint density at radius 1 is 1.29 bits per heavy atom. The van der Waals surface area contributed by atoms with Crippen LogP contribution in [0.5, 0.6) is 0 Å². The van der Waals surface area contributed by atoms with Crippen molar-refractivity contribution in [3.05, 3.63) is 29.8 Å². The normalized spacial score (nSPS) is 17.0. The second kappa shape index (κ2) is 4.18. The average molecular weight is 233 g/mol. The number of carbonyl (C=O) groups excluding carboxylic acids is 2. The van der Waals surface area contributed by atoms with E-state index in [-0.39, 0.29) is 5.91 Å². The van der Waals surface area contributed by atoms with Gasteiger partial charge in [-0.3, -0.25) is 9.59 Å². The highest BCUT2D eigenvalue weighted by Gasteiger charge is 2.40. The number of hydrogen-bond donors (Lipinski definition) is 3. The molecule has 2 amide bonds. The lowest BCUT2D eigenvalue weighted by atomic mass is 9.77. The largest absolute Gasteiger partial charge is 0.366 e. The lowest BCUT2D eigenvalue weighted by molar-refractivity contribution is -0.123. The summed E-state index contributed by atoms with van der Waals surface area (Å²) in [6.07, 6.45) is 2.38. The Morgan fingerprint density at radius 3 is 2.53 bits per heavy atom. The van der Waals surface area contributed by atoms with Gasteiger partial charge < -0.3 is 16.8 Å². The van der Waals surface area contributed by atoms with Gasteiger partial charge in [0.05, 0.1) is 5.54 Å². The first-order valence-corrected chi connectivity index (χ1v) is 5.51. The number of anilines is 1. The van der Waals surface area contributed by atoms with E-state index in [0.29, 0.717) is 24.1 Å². The van der Waals surface area contributed by atoms with E-state index in [1.54, 1.807) is 24.3 Å². The summed E-state index contributed by atoms with van der Waals surface area (Å²) in [6.45, 7) is 0. The summed E-state index contributed by atoms with van der Waals surface area (Å²) in [5.41, 5.74) is 11.2. The maximum absolute atomic E-state index is 11.8. The summed E-state index contributed by atoms with van der Waals surface area (Å²) in [5.74, 6) is -0.724. The van der Waals surface area contributed by atoms with Gasteiger partial charge in [0.1, 0.15) is 0 Å². The van der Waals surface area contributed by atoms with E-state index in [2.05, 4.69) is 5.32 Å². The van der Waals surface area contributed by atoms with Crippen molar-refractivity contribution in [1.82, 2.24) is 0 Å². The predicted molar refractivity (Wildman–Crippen MR) is 64.4 cm³/mol. The first-order valence-electron chi connectivity index (χ1n) is 5.51. The van der Waals surface area contributed by atoms with E-state index in [4.69, 9.17) is 11.5 Å². The Labute approximate surface area is 99.2 Å². The third-order valence-electron chi connectivity index (χ3n) is 3.10. The highest BCUT2D eigenvalue weighted by Crippen LogP contribution is 2.30. The number of hydrogen-bond acceptors (Lipinski definition) is 3. The maximum Gasteiger partial charge on any atom is 0.248 e. The zero-order valence-corrected chi connectivity index (χ0v) is 9.40. The highest BCUT2D eigenvalue weighted by atomic mass is 16.2. The molecular formula is C12H15N3O2. The molecule has 5 heteroatoms. The van der Waals surface area contributed by atoms with E-state index in [1.165, 1.54) is 0 Å². The molecule has 1 aromatic rings. The average Bonchev–Trinajstić information content (AvgIpc) is 2.26. The van der Waals surface area contributed by atoms with E-state index >= 15 is 0 Å². The van der Waals surface area contributed by atoms with E-state index in [1.807, 2.05) is 0 Å². The van der Waals surface area contributed by atoms with Crippen molar-refractivity contribution in [3.8, 4) is 0 Å². The van der Waals surface area contributed by atoms with Crippen molar-refractivity contribution < 1.29 is 9.59 Å². The first kappa shape index (κ1) is 11.6. The predicted octanol–water partition coefficient (Wildman–Crippen LogP) is 0.605. The van der Waals surface area contributed by atoms with Crippen molar-refractivity contribution in [2.45, 2.75) is 24.8 Å². The molecule has 0 unspecified atom stereocenters. The van der Waals surface area contributed by atoms with Gasteiger partial charge in [-0.1, -0.05) is 6.07 Å². The Balaban J connectivity index is 2.10. The van der Waals surface area contributed by atoms with Gasteiger partial charge in [-0.2, -0.15) is 0 Å². The molecule has 5 N–H and O–H groups in total. The molecule has 1 aliphatic carbocycles. The molecule has 0 spiro atoms. The van der Waals surface area contributed by atoms with Gasteiger partial charge >= 0.3 is 0 Å². The van der Waals surface area contributed by atoms with E-state index in [9.17, 15) is 9.59 Å². The molecule has 90 valence electrons. The molecule has 0 bridgehead atoms. The zero-order valence-electron chi connectivity index (χ0n) is 9.40. The third kappa shape index (κ3) is 2.29. The van der Waals surface area contributed by atoms with Crippen LogP contribution >= 0.6 is 0 Å². The number of nitrogens with one attached hydrogen (secondary N) is 1. The van der Waals surface area contributed by atoms with Crippen molar-refractivity contribution in [2.24, 2.45) is 11.5 Å². The second-order valence-corrected chi connectivity index (χ2v) is 4.41. The number of nitrogens with two attached hydrogens (primary N) is 2. The van der Waals surface area contributed by atoms with Gasteiger partial charge in [0.15, 0.2) is 0 Å². The lowest BCUT2D eigenvalue weighted by Crippen LogP contribution is -2.56. The Bertz CT molecular complexity index is 467. The summed E-state index contributed by atoms with van der Waals surface area (Å²) in [4.78, 5) is 22.8. The van der Waals surface area contributed by atoms with Gasteiger partial charge in [0.25, 0.3) is 0 Å². The van der Waals surface area contributed by atoms with Gasteiger partial charge in [-0.15, -0.1) is 0 Å². The van der Waals surface area contributed by atoms with Crippen LogP contribution in [-0.2, 0) is 4.79 Å². The van der Waals surface area contributed by atoms with Crippen LogP contribution in [0.3, 0.4) is 0 Å². The lowest BCUT2D eigenvalue weighted by Gasteiger charge is -2.36. The molecule has 0 atom stereocenters. The van der Waals surface area contributed by atoms with Crippen LogP contribution in [0.1, 0.15) is 29.6 Å². The van der Waals surface area contributed by atoms with Gasteiger partial charge in [0.2, 0.25) is 11.8 Å². The summed E-state index contributed by atoms with van der Waals surface area (Å²) in [7, 11) is 0. The monoisotopic (exact) mass is 233 g/mol. The minimum atomic E-state index is -0.747. The van der Waals surface area contributed by atoms with Gasteiger partial charge in [0, 0.05) is 11.3 Å². The van der Waals surface area contributed by atoms with Crippen LogP contribution in [0, 0.1) is 0 Å². The zero-order chi connectivity index (χ0) is 12.5. The van der Waals surface area contributed by atoms with Crippen LogP contribution in [0.2, 0.25) is 0 Å². The first-order chi connectivity index (χ1) is 8.01. The van der Waals surface area contributed by atoms with E-state index < -0.39 is 11.4 Å². The third-order valence-corrected chi connectivity index (χ3v) is 3.10. The molecule has 1 fully saturated rings. The standard InChI is InChI=1S/C12H15N3O2/c13-10(16)8-3-1-4-9(7-8)15-11(17)12(14)5-2-6-12/h1,3-4,7H,2,5-6,14H2,(H2,13,16)(H,15,17). The maximum atomic E-state index is 11.8. The fourth-order valence-electron chi connectivity index (χ4n) is 1.79. The Kier molecular flexibility index (Phi) is 2.85. The summed E-state index contributed by atoms with van der Waals surface area (Å²) < 4.78 is 0. The number of carbonyl (C=O) groups is 2. The fourth-order valence-corrected chi connectivity index (χ4v) is 1.79. The number of primary amides is 1. The Morgan fingerprint density at radius 2 is 2.00 bits per heavy atom. The summed E-state index contributed by atoms with van der Waals surface area (Å²) in [5, 5.41) is 2.71. The van der Waals surface area contributed by atoms with Crippen molar-refractivity contribution in [2.75, 3.05) is 5.32 Å². The molecule has 17 heavy (non-hydrogen) atoms. The van der Waals surface area contributed by atoms with Crippen molar-refractivity contribution in [1.29, 1.82) is 0 Å². The molecule has 0 heterocycles. The molecule has 0 aliphatic heterocycles. The minimum absolute atomic E-state index is 0.203.